The van der Waals surface area contributed by atoms with Gasteiger partial charge in [-0.3, -0.25) is 0 Å². The van der Waals surface area contributed by atoms with Gasteiger partial charge in [-0.1, -0.05) is 45.0 Å². The summed E-state index contributed by atoms with van der Waals surface area (Å²) in [6.07, 6.45) is 2.00. The van der Waals surface area contributed by atoms with Crippen LogP contribution in [-0.4, -0.2) is 5.11 Å². The normalized spacial score (nSPS) is 12.9. The summed E-state index contributed by atoms with van der Waals surface area (Å²) in [6.45, 7) is 8.56. The van der Waals surface area contributed by atoms with Gasteiger partial charge < -0.3 is 5.11 Å². The SMILES string of the molecule is CC(=CO)Cc1ccc(C(C)(C)C)cc1. The molecule has 1 aromatic rings. The Hall–Kier alpha value is -1.24. The first-order valence-corrected chi connectivity index (χ1v) is 5.33. The smallest absolute Gasteiger partial charge is 0.0784 e. The number of rotatable bonds is 2. The second-order valence-electron chi connectivity index (χ2n) is 5.10. The molecule has 0 atom stereocenters. The Morgan fingerprint density at radius 2 is 1.73 bits per heavy atom. The van der Waals surface area contributed by atoms with Crippen LogP contribution in [0.5, 0.6) is 0 Å². The maximum Gasteiger partial charge on any atom is 0.0784 e. The first-order chi connectivity index (χ1) is 6.93. The van der Waals surface area contributed by atoms with Gasteiger partial charge in [0.25, 0.3) is 0 Å². The van der Waals surface area contributed by atoms with Crippen LogP contribution in [0.15, 0.2) is 36.1 Å². The van der Waals surface area contributed by atoms with E-state index in [-0.39, 0.29) is 5.41 Å². The minimum Gasteiger partial charge on any atom is -0.516 e. The molecule has 0 aliphatic rings. The van der Waals surface area contributed by atoms with Gasteiger partial charge in [-0.2, -0.15) is 0 Å². The largest absolute Gasteiger partial charge is 0.516 e. The van der Waals surface area contributed by atoms with E-state index in [4.69, 9.17) is 5.11 Å². The number of aliphatic hydroxyl groups excluding tert-OH is 1. The Morgan fingerprint density at radius 3 is 2.13 bits per heavy atom. The highest BCUT2D eigenvalue weighted by molar-refractivity contribution is 5.29. The maximum absolute atomic E-state index is 8.82. The molecule has 0 aromatic heterocycles. The minimum atomic E-state index is 0.209. The molecule has 82 valence electrons. The molecule has 0 saturated carbocycles. The summed E-state index contributed by atoms with van der Waals surface area (Å²) in [5.74, 6) is 0. The van der Waals surface area contributed by atoms with Gasteiger partial charge in [0.05, 0.1) is 6.26 Å². The molecule has 0 bridgehead atoms. The molecule has 0 spiro atoms. The van der Waals surface area contributed by atoms with Gasteiger partial charge in [-0.25, -0.2) is 0 Å². The summed E-state index contributed by atoms with van der Waals surface area (Å²) >= 11 is 0. The summed E-state index contributed by atoms with van der Waals surface area (Å²) in [5, 5.41) is 8.82. The average molecular weight is 204 g/mol. The van der Waals surface area contributed by atoms with Gasteiger partial charge in [0.2, 0.25) is 0 Å². The van der Waals surface area contributed by atoms with Crippen LogP contribution in [0, 0.1) is 0 Å². The fourth-order valence-corrected chi connectivity index (χ4v) is 1.49. The zero-order chi connectivity index (χ0) is 11.5. The third kappa shape index (κ3) is 3.43. The highest BCUT2D eigenvalue weighted by Crippen LogP contribution is 2.22. The van der Waals surface area contributed by atoms with E-state index in [0.29, 0.717) is 0 Å². The van der Waals surface area contributed by atoms with Crippen LogP contribution in [0.2, 0.25) is 0 Å². The van der Waals surface area contributed by atoms with Crippen molar-refractivity contribution < 1.29 is 5.11 Å². The van der Waals surface area contributed by atoms with Crippen LogP contribution in [0.25, 0.3) is 0 Å². The number of aliphatic hydroxyl groups is 1. The standard InChI is InChI=1S/C14H20O/c1-11(10-15)9-12-5-7-13(8-6-12)14(2,3)4/h5-8,10,15H,9H2,1-4H3. The number of allylic oxidation sites excluding steroid dienone is 1. The minimum absolute atomic E-state index is 0.209. The zero-order valence-electron chi connectivity index (χ0n) is 10.0. The maximum atomic E-state index is 8.82. The molecule has 0 unspecified atom stereocenters. The number of hydrogen-bond donors (Lipinski definition) is 1. The molecule has 1 rings (SSSR count). The number of hydrogen-bond acceptors (Lipinski definition) is 1. The van der Waals surface area contributed by atoms with Gasteiger partial charge in [-0.15, -0.1) is 0 Å². The molecule has 1 N–H and O–H groups in total. The third-order valence-electron chi connectivity index (χ3n) is 2.52. The molecule has 0 radical (unpaired) electrons. The molecular weight excluding hydrogens is 184 g/mol. The van der Waals surface area contributed by atoms with Gasteiger partial charge in [0.1, 0.15) is 0 Å². The van der Waals surface area contributed by atoms with Crippen molar-refractivity contribution in [3.05, 3.63) is 47.2 Å². The van der Waals surface area contributed by atoms with Gasteiger partial charge in [-0.05, 0) is 35.5 Å². The van der Waals surface area contributed by atoms with Gasteiger partial charge in [0, 0.05) is 0 Å². The zero-order valence-corrected chi connectivity index (χ0v) is 10.0. The molecule has 0 aliphatic carbocycles. The van der Waals surface area contributed by atoms with E-state index >= 15 is 0 Å². The van der Waals surface area contributed by atoms with Gasteiger partial charge >= 0.3 is 0 Å². The molecule has 1 nitrogen and oxygen atoms in total. The predicted molar refractivity (Wildman–Crippen MR) is 65.2 cm³/mol. The monoisotopic (exact) mass is 204 g/mol. The van der Waals surface area contributed by atoms with Crippen LogP contribution in [0.3, 0.4) is 0 Å². The van der Waals surface area contributed by atoms with E-state index in [2.05, 4.69) is 45.0 Å². The lowest BCUT2D eigenvalue weighted by Gasteiger charge is -2.19. The lowest BCUT2D eigenvalue weighted by molar-refractivity contribution is 0.465. The fraction of sp³-hybridized carbons (Fsp3) is 0.429. The summed E-state index contributed by atoms with van der Waals surface area (Å²) in [6, 6.07) is 8.60. The Morgan fingerprint density at radius 1 is 1.20 bits per heavy atom. The molecular formula is C14H20O. The topological polar surface area (TPSA) is 20.2 Å². The van der Waals surface area contributed by atoms with Crippen LogP contribution in [0.1, 0.15) is 38.8 Å². The lowest BCUT2D eigenvalue weighted by Crippen LogP contribution is -2.10. The average Bonchev–Trinajstić information content (AvgIpc) is 2.17. The molecule has 1 aromatic carbocycles. The number of benzene rings is 1. The van der Waals surface area contributed by atoms with Crippen LogP contribution >= 0.6 is 0 Å². The van der Waals surface area contributed by atoms with Crippen molar-refractivity contribution in [1.29, 1.82) is 0 Å². The van der Waals surface area contributed by atoms with E-state index in [1.807, 2.05) is 6.92 Å². The molecule has 0 heterocycles. The van der Waals surface area contributed by atoms with Crippen molar-refractivity contribution in [2.24, 2.45) is 0 Å². The van der Waals surface area contributed by atoms with Gasteiger partial charge in [0.15, 0.2) is 0 Å². The summed E-state index contributed by atoms with van der Waals surface area (Å²) < 4.78 is 0. The Balaban J connectivity index is 2.82. The van der Waals surface area contributed by atoms with Crippen molar-refractivity contribution in [2.45, 2.75) is 39.5 Å². The first kappa shape index (κ1) is 11.8. The quantitative estimate of drug-likeness (QED) is 0.722. The molecule has 15 heavy (non-hydrogen) atoms. The van der Waals surface area contributed by atoms with Crippen LogP contribution < -0.4 is 0 Å². The second kappa shape index (κ2) is 4.52. The molecule has 0 amide bonds. The summed E-state index contributed by atoms with van der Waals surface area (Å²) in [7, 11) is 0. The Kier molecular flexibility index (Phi) is 3.57. The van der Waals surface area contributed by atoms with E-state index in [1.54, 1.807) is 0 Å². The molecule has 1 heteroatoms. The lowest BCUT2D eigenvalue weighted by atomic mass is 9.86. The van der Waals surface area contributed by atoms with Crippen molar-refractivity contribution in [2.75, 3.05) is 0 Å². The molecule has 0 saturated heterocycles. The Bertz CT molecular complexity index is 339. The third-order valence-corrected chi connectivity index (χ3v) is 2.52. The predicted octanol–water partition coefficient (Wildman–Crippen LogP) is 3.99. The van der Waals surface area contributed by atoms with E-state index in [0.717, 1.165) is 12.0 Å². The van der Waals surface area contributed by atoms with Crippen LogP contribution in [-0.2, 0) is 11.8 Å². The van der Waals surface area contributed by atoms with Crippen molar-refractivity contribution in [3.8, 4) is 0 Å². The van der Waals surface area contributed by atoms with E-state index in [9.17, 15) is 0 Å². The fourth-order valence-electron chi connectivity index (χ4n) is 1.49. The van der Waals surface area contributed by atoms with E-state index < -0.39 is 0 Å². The summed E-state index contributed by atoms with van der Waals surface area (Å²) in [4.78, 5) is 0. The first-order valence-electron chi connectivity index (χ1n) is 5.33. The summed E-state index contributed by atoms with van der Waals surface area (Å²) in [5.41, 5.74) is 3.78. The highest BCUT2D eigenvalue weighted by Gasteiger charge is 2.12. The van der Waals surface area contributed by atoms with Crippen LogP contribution in [0.4, 0.5) is 0 Å². The molecule has 0 fully saturated rings. The van der Waals surface area contributed by atoms with Crippen molar-refractivity contribution >= 4 is 0 Å². The van der Waals surface area contributed by atoms with Crippen molar-refractivity contribution in [1.82, 2.24) is 0 Å². The molecule has 0 aliphatic heterocycles. The second-order valence-corrected chi connectivity index (χ2v) is 5.10. The highest BCUT2D eigenvalue weighted by atomic mass is 16.2. The van der Waals surface area contributed by atoms with Crippen molar-refractivity contribution in [3.63, 3.8) is 0 Å². The van der Waals surface area contributed by atoms with E-state index in [1.165, 1.54) is 17.4 Å². The Labute approximate surface area is 92.5 Å².